The van der Waals surface area contributed by atoms with Crippen LogP contribution in [0.2, 0.25) is 0 Å². The van der Waals surface area contributed by atoms with Crippen LogP contribution in [0.25, 0.3) is 0 Å². The molecule has 1 heterocycles. The Morgan fingerprint density at radius 2 is 1.56 bits per heavy atom. The highest BCUT2D eigenvalue weighted by atomic mass is 16.2. The lowest BCUT2D eigenvalue weighted by molar-refractivity contribution is -0.151. The summed E-state index contributed by atoms with van der Waals surface area (Å²) >= 11 is 0. The van der Waals surface area contributed by atoms with Crippen LogP contribution < -0.4 is 5.32 Å². The second-order valence-corrected chi connectivity index (χ2v) is 9.18. The zero-order chi connectivity index (χ0) is 23.1. The normalized spacial score (nSPS) is 16.2. The summed E-state index contributed by atoms with van der Waals surface area (Å²) in [4.78, 5) is 39.9. The average Bonchev–Trinajstić information content (AvgIpc) is 3.32. The van der Waals surface area contributed by atoms with Crippen LogP contribution in [0.15, 0.2) is 60.7 Å². The first kappa shape index (κ1) is 23.7. The van der Waals surface area contributed by atoms with Gasteiger partial charge in [0.05, 0.1) is 0 Å². The molecule has 0 aliphatic carbocycles. The number of ketones is 1. The standard InChI is InChI=1S/C27H34N2O3/c1-4-27(2,3)24(30)26(32)29-19-11-16-23(29)25(31)28-18-17-22(20-12-7-5-8-13-20)21-14-9-6-10-15-21/h5-10,12-15,22-23H,4,11,16-19H2,1-3H3,(H,28,31). The van der Waals surface area contributed by atoms with Crippen LogP contribution in [0.1, 0.15) is 63.5 Å². The number of carbonyl (C=O) groups is 3. The van der Waals surface area contributed by atoms with E-state index in [4.69, 9.17) is 0 Å². The first-order valence-corrected chi connectivity index (χ1v) is 11.6. The Morgan fingerprint density at radius 3 is 2.09 bits per heavy atom. The first-order chi connectivity index (χ1) is 15.3. The number of hydrogen-bond acceptors (Lipinski definition) is 3. The van der Waals surface area contributed by atoms with E-state index in [2.05, 4.69) is 29.6 Å². The molecule has 0 bridgehead atoms. The molecule has 1 aliphatic rings. The number of amides is 2. The molecular weight excluding hydrogens is 400 g/mol. The van der Waals surface area contributed by atoms with Crippen molar-refractivity contribution < 1.29 is 14.4 Å². The van der Waals surface area contributed by atoms with Gasteiger partial charge in [0.1, 0.15) is 6.04 Å². The van der Waals surface area contributed by atoms with E-state index in [0.29, 0.717) is 25.9 Å². The summed E-state index contributed by atoms with van der Waals surface area (Å²) in [6.45, 7) is 6.42. The number of likely N-dealkylation sites (tertiary alicyclic amines) is 1. The first-order valence-electron chi connectivity index (χ1n) is 11.6. The fourth-order valence-corrected chi connectivity index (χ4v) is 4.22. The van der Waals surface area contributed by atoms with Gasteiger partial charge in [-0.05, 0) is 36.8 Å². The third kappa shape index (κ3) is 5.45. The molecule has 2 aromatic carbocycles. The Balaban J connectivity index is 1.64. The number of benzene rings is 2. The van der Waals surface area contributed by atoms with Gasteiger partial charge in [0.25, 0.3) is 5.91 Å². The fourth-order valence-electron chi connectivity index (χ4n) is 4.22. The molecule has 1 N–H and O–H groups in total. The minimum absolute atomic E-state index is 0.169. The lowest BCUT2D eigenvalue weighted by Gasteiger charge is -2.28. The fraction of sp³-hybridized carbons (Fsp3) is 0.444. The molecule has 1 aliphatic heterocycles. The van der Waals surface area contributed by atoms with Crippen LogP contribution in [0.5, 0.6) is 0 Å². The molecule has 0 spiro atoms. The maximum Gasteiger partial charge on any atom is 0.291 e. The summed E-state index contributed by atoms with van der Waals surface area (Å²) in [5.74, 6) is -0.933. The minimum atomic E-state index is -0.709. The zero-order valence-corrected chi connectivity index (χ0v) is 19.3. The maximum absolute atomic E-state index is 12.9. The van der Waals surface area contributed by atoms with E-state index >= 15 is 0 Å². The van der Waals surface area contributed by atoms with Crippen LogP contribution in [0.4, 0.5) is 0 Å². The molecule has 0 radical (unpaired) electrons. The lowest BCUT2D eigenvalue weighted by Crippen LogP contribution is -2.50. The molecule has 2 aromatic rings. The Morgan fingerprint density at radius 1 is 1.00 bits per heavy atom. The van der Waals surface area contributed by atoms with Crippen LogP contribution in [0.3, 0.4) is 0 Å². The van der Waals surface area contributed by atoms with Gasteiger partial charge in [-0.3, -0.25) is 14.4 Å². The van der Waals surface area contributed by atoms with Gasteiger partial charge in [-0.25, -0.2) is 0 Å². The lowest BCUT2D eigenvalue weighted by atomic mass is 9.84. The van der Waals surface area contributed by atoms with Gasteiger partial charge in [0.2, 0.25) is 11.7 Å². The summed E-state index contributed by atoms with van der Waals surface area (Å²) in [5, 5.41) is 3.03. The summed E-state index contributed by atoms with van der Waals surface area (Å²) in [5.41, 5.74) is 1.70. The predicted molar refractivity (Wildman–Crippen MR) is 126 cm³/mol. The Hall–Kier alpha value is -2.95. The van der Waals surface area contributed by atoms with E-state index in [1.807, 2.05) is 43.3 Å². The highest BCUT2D eigenvalue weighted by Gasteiger charge is 2.41. The highest BCUT2D eigenvalue weighted by molar-refractivity contribution is 6.38. The molecule has 1 saturated heterocycles. The van der Waals surface area contributed by atoms with Crippen molar-refractivity contribution in [3.63, 3.8) is 0 Å². The van der Waals surface area contributed by atoms with Gasteiger partial charge in [-0.2, -0.15) is 0 Å². The smallest absolute Gasteiger partial charge is 0.291 e. The van der Waals surface area contributed by atoms with Crippen molar-refractivity contribution in [2.24, 2.45) is 5.41 Å². The average molecular weight is 435 g/mol. The predicted octanol–water partition coefficient (Wildman–Crippen LogP) is 4.32. The van der Waals surface area contributed by atoms with Crippen LogP contribution in [-0.4, -0.2) is 41.6 Å². The van der Waals surface area contributed by atoms with Crippen LogP contribution >= 0.6 is 0 Å². The van der Waals surface area contributed by atoms with Crippen molar-refractivity contribution in [3.05, 3.63) is 71.8 Å². The second-order valence-electron chi connectivity index (χ2n) is 9.18. The van der Waals surface area contributed by atoms with E-state index in [-0.39, 0.29) is 11.8 Å². The number of nitrogens with zero attached hydrogens (tertiary/aromatic N) is 1. The van der Waals surface area contributed by atoms with Gasteiger partial charge < -0.3 is 10.2 Å². The monoisotopic (exact) mass is 434 g/mol. The molecule has 3 rings (SSSR count). The molecule has 2 amide bonds. The van der Waals surface area contributed by atoms with E-state index in [1.165, 1.54) is 16.0 Å². The number of hydrogen-bond donors (Lipinski definition) is 1. The molecule has 170 valence electrons. The second kappa shape index (κ2) is 10.6. The van der Waals surface area contributed by atoms with E-state index in [1.54, 1.807) is 13.8 Å². The summed E-state index contributed by atoms with van der Waals surface area (Å²) in [7, 11) is 0. The third-order valence-corrected chi connectivity index (χ3v) is 6.65. The van der Waals surface area contributed by atoms with Crippen molar-refractivity contribution in [3.8, 4) is 0 Å². The largest absolute Gasteiger partial charge is 0.354 e. The Bertz CT molecular complexity index is 885. The van der Waals surface area contributed by atoms with Crippen molar-refractivity contribution in [1.29, 1.82) is 0 Å². The number of nitrogens with one attached hydrogen (secondary N) is 1. The van der Waals surface area contributed by atoms with Gasteiger partial charge in [-0.1, -0.05) is 81.4 Å². The Labute approximate surface area is 191 Å². The number of carbonyl (C=O) groups excluding carboxylic acids is 3. The van der Waals surface area contributed by atoms with Crippen molar-refractivity contribution in [1.82, 2.24) is 10.2 Å². The summed E-state index contributed by atoms with van der Waals surface area (Å²) < 4.78 is 0. The molecule has 5 nitrogen and oxygen atoms in total. The van der Waals surface area contributed by atoms with Crippen molar-refractivity contribution in [2.45, 2.75) is 58.4 Å². The van der Waals surface area contributed by atoms with Gasteiger partial charge in [0.15, 0.2) is 0 Å². The Kier molecular flexibility index (Phi) is 7.84. The topological polar surface area (TPSA) is 66.5 Å². The van der Waals surface area contributed by atoms with Gasteiger partial charge in [-0.15, -0.1) is 0 Å². The van der Waals surface area contributed by atoms with Gasteiger partial charge in [0, 0.05) is 24.4 Å². The molecule has 0 aromatic heterocycles. The molecule has 1 fully saturated rings. The quantitative estimate of drug-likeness (QED) is 0.598. The molecule has 32 heavy (non-hydrogen) atoms. The summed E-state index contributed by atoms with van der Waals surface area (Å²) in [6.07, 6.45) is 2.67. The van der Waals surface area contributed by atoms with E-state index < -0.39 is 23.1 Å². The van der Waals surface area contributed by atoms with E-state index in [0.717, 1.165) is 12.8 Å². The van der Waals surface area contributed by atoms with Gasteiger partial charge >= 0.3 is 0 Å². The van der Waals surface area contributed by atoms with Crippen LogP contribution in [0, 0.1) is 5.41 Å². The molecule has 5 heteroatoms. The molecule has 1 atom stereocenters. The van der Waals surface area contributed by atoms with E-state index in [9.17, 15) is 14.4 Å². The SMILES string of the molecule is CCC(C)(C)C(=O)C(=O)N1CCCC1C(=O)NCCC(c1ccccc1)c1ccccc1. The summed E-state index contributed by atoms with van der Waals surface area (Å²) in [6, 6.07) is 20.0. The van der Waals surface area contributed by atoms with Crippen molar-refractivity contribution >= 4 is 17.6 Å². The number of Topliss-reactive ketones (excluding diaryl/α,β-unsaturated/α-hetero) is 1. The highest BCUT2D eigenvalue weighted by Crippen LogP contribution is 2.28. The molecular formula is C27H34N2O3. The maximum atomic E-state index is 12.9. The number of rotatable bonds is 9. The molecule has 0 saturated carbocycles. The third-order valence-electron chi connectivity index (χ3n) is 6.65. The molecule has 1 unspecified atom stereocenters. The zero-order valence-electron chi connectivity index (χ0n) is 19.3. The van der Waals surface area contributed by atoms with Crippen molar-refractivity contribution in [2.75, 3.05) is 13.1 Å². The van der Waals surface area contributed by atoms with Crippen LogP contribution in [-0.2, 0) is 14.4 Å². The minimum Gasteiger partial charge on any atom is -0.354 e.